The molecule has 1 aromatic carbocycles. The molecule has 24 heavy (non-hydrogen) atoms. The molecule has 0 atom stereocenters. The molecule has 2 amide bonds. The van der Waals surface area contributed by atoms with Gasteiger partial charge in [-0.2, -0.15) is 0 Å². The van der Waals surface area contributed by atoms with Crippen LogP contribution >= 0.6 is 11.6 Å². The van der Waals surface area contributed by atoms with Crippen LogP contribution in [0, 0.1) is 0 Å². The maximum atomic E-state index is 12.6. The van der Waals surface area contributed by atoms with Crippen molar-refractivity contribution < 1.29 is 24.2 Å². The van der Waals surface area contributed by atoms with Crippen molar-refractivity contribution in [1.82, 2.24) is 5.32 Å². The third kappa shape index (κ3) is 4.17. The normalized spacial score (nSPS) is 15.5. The first-order valence-electron chi connectivity index (χ1n) is 7.50. The van der Waals surface area contributed by atoms with Crippen LogP contribution in [0.5, 0.6) is 5.75 Å². The Balaban J connectivity index is 2.08. The van der Waals surface area contributed by atoms with Crippen molar-refractivity contribution in [3.63, 3.8) is 0 Å². The summed E-state index contributed by atoms with van der Waals surface area (Å²) in [6.45, 7) is 3.52. The molecule has 0 aromatic heterocycles. The average Bonchev–Trinajstić information content (AvgIpc) is 2.48. The minimum Gasteiger partial charge on any atom is -0.481 e. The molecule has 8 heteroatoms. The Labute approximate surface area is 144 Å². The van der Waals surface area contributed by atoms with Gasteiger partial charge in [0.25, 0.3) is 5.91 Å². The fourth-order valence-electron chi connectivity index (χ4n) is 2.37. The van der Waals surface area contributed by atoms with Gasteiger partial charge in [0.05, 0.1) is 12.1 Å². The van der Waals surface area contributed by atoms with Gasteiger partial charge in [-0.1, -0.05) is 11.6 Å². The first-order valence-corrected chi connectivity index (χ1v) is 7.87. The Morgan fingerprint density at radius 2 is 2.04 bits per heavy atom. The smallest absolute Gasteiger partial charge is 0.305 e. The Morgan fingerprint density at radius 1 is 1.33 bits per heavy atom. The summed E-state index contributed by atoms with van der Waals surface area (Å²) in [6, 6.07) is 4.97. The first kappa shape index (κ1) is 18.1. The lowest BCUT2D eigenvalue weighted by Crippen LogP contribution is -2.53. The number of rotatable bonds is 6. The van der Waals surface area contributed by atoms with Crippen LogP contribution in [0.4, 0.5) is 5.69 Å². The highest BCUT2D eigenvalue weighted by atomic mass is 35.5. The zero-order valence-electron chi connectivity index (χ0n) is 13.5. The van der Waals surface area contributed by atoms with E-state index in [1.807, 2.05) is 0 Å². The number of benzene rings is 1. The molecule has 1 aromatic rings. The van der Waals surface area contributed by atoms with Crippen molar-refractivity contribution in [2.24, 2.45) is 0 Å². The third-order valence-electron chi connectivity index (χ3n) is 3.56. The van der Waals surface area contributed by atoms with E-state index in [0.29, 0.717) is 16.5 Å². The number of nitrogens with one attached hydrogen (secondary N) is 1. The summed E-state index contributed by atoms with van der Waals surface area (Å²) in [7, 11) is 0. The maximum absolute atomic E-state index is 12.6. The molecule has 0 unspecified atom stereocenters. The third-order valence-corrected chi connectivity index (χ3v) is 3.80. The van der Waals surface area contributed by atoms with Gasteiger partial charge in [0, 0.05) is 24.5 Å². The quantitative estimate of drug-likeness (QED) is 0.812. The van der Waals surface area contributed by atoms with Crippen molar-refractivity contribution in [2.45, 2.75) is 32.3 Å². The molecule has 0 fully saturated rings. The highest BCUT2D eigenvalue weighted by molar-refractivity contribution is 6.31. The van der Waals surface area contributed by atoms with Gasteiger partial charge < -0.3 is 20.1 Å². The molecule has 2 N–H and O–H groups in total. The highest BCUT2D eigenvalue weighted by Gasteiger charge is 2.40. The van der Waals surface area contributed by atoms with Crippen LogP contribution in [-0.4, -0.2) is 41.6 Å². The van der Waals surface area contributed by atoms with Gasteiger partial charge >= 0.3 is 5.97 Å². The Kier molecular flexibility index (Phi) is 5.33. The summed E-state index contributed by atoms with van der Waals surface area (Å²) < 4.78 is 5.70. The first-order chi connectivity index (χ1) is 11.2. The van der Waals surface area contributed by atoms with E-state index in [1.165, 1.54) is 4.90 Å². The van der Waals surface area contributed by atoms with E-state index < -0.39 is 11.6 Å². The molecular formula is C16H19ClN2O5. The molecule has 2 rings (SSSR count). The number of carbonyl (C=O) groups excluding carboxylic acids is 2. The zero-order valence-corrected chi connectivity index (χ0v) is 14.2. The molecule has 0 saturated heterocycles. The molecule has 0 radical (unpaired) electrons. The van der Waals surface area contributed by atoms with E-state index >= 15 is 0 Å². The van der Waals surface area contributed by atoms with E-state index in [9.17, 15) is 14.4 Å². The molecule has 0 saturated carbocycles. The molecule has 0 spiro atoms. The molecule has 130 valence electrons. The van der Waals surface area contributed by atoms with Gasteiger partial charge in [-0.05, 0) is 32.0 Å². The van der Waals surface area contributed by atoms with E-state index in [-0.39, 0.29) is 37.7 Å². The molecule has 1 aliphatic heterocycles. The molecule has 7 nitrogen and oxygen atoms in total. The lowest BCUT2D eigenvalue weighted by atomic mass is 10.0. The number of ether oxygens (including phenoxy) is 1. The molecule has 0 bridgehead atoms. The number of carboxylic acid groups (broad SMARTS) is 1. The summed E-state index contributed by atoms with van der Waals surface area (Å²) in [4.78, 5) is 36.3. The second kappa shape index (κ2) is 7.09. The predicted octanol–water partition coefficient (Wildman–Crippen LogP) is 1.82. The van der Waals surface area contributed by atoms with Crippen molar-refractivity contribution in [2.75, 3.05) is 18.0 Å². The van der Waals surface area contributed by atoms with Crippen LogP contribution in [0.2, 0.25) is 5.02 Å². The SMILES string of the molecule is CC1(C)Oc2ccc(Cl)cc2N(CCC(=O)NCCC(=O)O)C1=O. The molecular weight excluding hydrogens is 336 g/mol. The topological polar surface area (TPSA) is 95.9 Å². The summed E-state index contributed by atoms with van der Waals surface area (Å²) >= 11 is 5.99. The van der Waals surface area contributed by atoms with Crippen LogP contribution in [0.3, 0.4) is 0 Å². The number of hydrogen-bond donors (Lipinski definition) is 2. The van der Waals surface area contributed by atoms with Crippen LogP contribution < -0.4 is 15.0 Å². The number of halogens is 1. The Morgan fingerprint density at radius 3 is 2.71 bits per heavy atom. The second-order valence-electron chi connectivity index (χ2n) is 5.92. The fraction of sp³-hybridized carbons (Fsp3) is 0.438. The zero-order chi connectivity index (χ0) is 17.9. The fourth-order valence-corrected chi connectivity index (χ4v) is 2.54. The monoisotopic (exact) mass is 354 g/mol. The van der Waals surface area contributed by atoms with Crippen molar-refractivity contribution in [1.29, 1.82) is 0 Å². The van der Waals surface area contributed by atoms with Gasteiger partial charge in [-0.3, -0.25) is 14.4 Å². The van der Waals surface area contributed by atoms with Crippen molar-refractivity contribution in [3.05, 3.63) is 23.2 Å². The minimum atomic E-state index is -1.04. The van der Waals surface area contributed by atoms with Gasteiger partial charge in [-0.25, -0.2) is 0 Å². The summed E-state index contributed by atoms with van der Waals surface area (Å²) in [6.07, 6.45) is -0.0961. The lowest BCUT2D eigenvalue weighted by molar-refractivity contribution is -0.137. The van der Waals surface area contributed by atoms with Crippen LogP contribution in [0.15, 0.2) is 18.2 Å². The summed E-state index contributed by atoms with van der Waals surface area (Å²) in [5.74, 6) is -1.05. The van der Waals surface area contributed by atoms with E-state index in [4.69, 9.17) is 21.4 Å². The number of hydrogen-bond acceptors (Lipinski definition) is 4. The summed E-state index contributed by atoms with van der Waals surface area (Å²) in [5.41, 5.74) is -0.522. The number of fused-ring (bicyclic) bond motifs is 1. The van der Waals surface area contributed by atoms with Crippen molar-refractivity contribution in [3.8, 4) is 5.75 Å². The van der Waals surface area contributed by atoms with Crippen LogP contribution in [0.25, 0.3) is 0 Å². The molecule has 1 aliphatic rings. The Hall–Kier alpha value is -2.28. The highest BCUT2D eigenvalue weighted by Crippen LogP contribution is 2.39. The van der Waals surface area contributed by atoms with Crippen LogP contribution in [0.1, 0.15) is 26.7 Å². The van der Waals surface area contributed by atoms with Gasteiger partial charge in [-0.15, -0.1) is 0 Å². The van der Waals surface area contributed by atoms with Crippen molar-refractivity contribution >= 4 is 35.1 Å². The molecule has 0 aliphatic carbocycles. The van der Waals surface area contributed by atoms with E-state index in [2.05, 4.69) is 5.32 Å². The Bertz CT molecular complexity index is 674. The average molecular weight is 355 g/mol. The number of amides is 2. The van der Waals surface area contributed by atoms with Gasteiger partial charge in [0.15, 0.2) is 5.60 Å². The summed E-state index contributed by atoms with van der Waals surface area (Å²) in [5, 5.41) is 11.5. The van der Waals surface area contributed by atoms with Gasteiger partial charge in [0.1, 0.15) is 5.75 Å². The minimum absolute atomic E-state index is 0.0490. The van der Waals surface area contributed by atoms with E-state index in [1.54, 1.807) is 32.0 Å². The number of anilines is 1. The largest absolute Gasteiger partial charge is 0.481 e. The lowest BCUT2D eigenvalue weighted by Gasteiger charge is -2.38. The second-order valence-corrected chi connectivity index (χ2v) is 6.36. The number of carboxylic acids is 1. The standard InChI is InChI=1S/C16H19ClN2O5/c1-16(2)15(23)19(8-6-13(20)18-7-5-14(21)22)11-9-10(17)3-4-12(11)24-16/h3-4,9H,5-8H2,1-2H3,(H,18,20)(H,21,22). The van der Waals surface area contributed by atoms with Crippen LogP contribution in [-0.2, 0) is 14.4 Å². The predicted molar refractivity (Wildman–Crippen MR) is 88.4 cm³/mol. The van der Waals surface area contributed by atoms with Gasteiger partial charge in [0.2, 0.25) is 5.91 Å². The maximum Gasteiger partial charge on any atom is 0.305 e. The molecule has 1 heterocycles. The van der Waals surface area contributed by atoms with E-state index in [0.717, 1.165) is 0 Å². The number of carbonyl (C=O) groups is 3. The number of aliphatic carboxylic acids is 1. The number of nitrogens with zero attached hydrogens (tertiary/aromatic N) is 1.